The summed E-state index contributed by atoms with van der Waals surface area (Å²) in [5, 5.41) is 6.67. The van der Waals surface area contributed by atoms with E-state index in [9.17, 15) is 9.59 Å². The fourth-order valence-corrected chi connectivity index (χ4v) is 2.20. The van der Waals surface area contributed by atoms with Crippen LogP contribution >= 0.6 is 15.9 Å². The summed E-state index contributed by atoms with van der Waals surface area (Å²) >= 11 is 3.35. The van der Waals surface area contributed by atoms with E-state index in [2.05, 4.69) is 31.8 Å². The summed E-state index contributed by atoms with van der Waals surface area (Å²) in [5.41, 5.74) is 5.03. The van der Waals surface area contributed by atoms with E-state index in [1.54, 1.807) is 6.21 Å². The standard InChI is InChI=1S/C18H18BrN3O2/c1-13-4-2-3-5-16(13)21-17(23)10-11-18(24)22-20-12-14-6-8-15(19)9-7-14/h2-9,12H,10-11H2,1H3,(H,21,23)(H,22,24)/b20-12+. The molecule has 0 aliphatic rings. The van der Waals surface area contributed by atoms with Crippen molar-refractivity contribution in [2.75, 3.05) is 5.32 Å². The Bertz CT molecular complexity index is 742. The number of amides is 2. The fraction of sp³-hybridized carbons (Fsp3) is 0.167. The highest BCUT2D eigenvalue weighted by molar-refractivity contribution is 9.10. The summed E-state index contributed by atoms with van der Waals surface area (Å²) in [5.74, 6) is -0.500. The monoisotopic (exact) mass is 387 g/mol. The van der Waals surface area contributed by atoms with Crippen molar-refractivity contribution in [1.29, 1.82) is 0 Å². The van der Waals surface area contributed by atoms with Gasteiger partial charge < -0.3 is 5.32 Å². The molecule has 6 heteroatoms. The van der Waals surface area contributed by atoms with Crippen LogP contribution in [0.2, 0.25) is 0 Å². The van der Waals surface area contributed by atoms with Gasteiger partial charge in [0.1, 0.15) is 0 Å². The first kappa shape index (κ1) is 17.9. The van der Waals surface area contributed by atoms with Gasteiger partial charge in [-0.3, -0.25) is 9.59 Å². The van der Waals surface area contributed by atoms with E-state index in [1.807, 2.05) is 55.5 Å². The van der Waals surface area contributed by atoms with Crippen molar-refractivity contribution >= 4 is 39.6 Å². The molecule has 0 spiro atoms. The SMILES string of the molecule is Cc1ccccc1NC(=O)CCC(=O)N/N=C/c1ccc(Br)cc1. The van der Waals surface area contributed by atoms with Crippen molar-refractivity contribution in [1.82, 2.24) is 5.43 Å². The quantitative estimate of drug-likeness (QED) is 0.586. The first-order valence-corrected chi connectivity index (χ1v) is 8.27. The van der Waals surface area contributed by atoms with Crippen molar-refractivity contribution in [3.8, 4) is 0 Å². The summed E-state index contributed by atoms with van der Waals surface area (Å²) in [6.45, 7) is 1.92. The van der Waals surface area contributed by atoms with Crippen LogP contribution in [0.25, 0.3) is 0 Å². The predicted octanol–water partition coefficient (Wildman–Crippen LogP) is 3.63. The summed E-state index contributed by atoms with van der Waals surface area (Å²) in [4.78, 5) is 23.6. The lowest BCUT2D eigenvalue weighted by Crippen LogP contribution is -2.20. The Morgan fingerprint density at radius 3 is 2.42 bits per heavy atom. The topological polar surface area (TPSA) is 70.6 Å². The Hall–Kier alpha value is -2.47. The number of carbonyl (C=O) groups is 2. The summed E-state index contributed by atoms with van der Waals surface area (Å²) < 4.78 is 0.975. The lowest BCUT2D eigenvalue weighted by atomic mass is 10.2. The number of aryl methyl sites for hydroxylation is 1. The minimum atomic E-state index is -0.303. The van der Waals surface area contributed by atoms with E-state index in [-0.39, 0.29) is 24.7 Å². The molecule has 0 fully saturated rings. The predicted molar refractivity (Wildman–Crippen MR) is 98.9 cm³/mol. The number of nitrogens with one attached hydrogen (secondary N) is 2. The van der Waals surface area contributed by atoms with Gasteiger partial charge in [0.2, 0.25) is 11.8 Å². The number of hydrogen-bond donors (Lipinski definition) is 2. The van der Waals surface area contributed by atoms with E-state index in [0.29, 0.717) is 0 Å². The van der Waals surface area contributed by atoms with E-state index < -0.39 is 0 Å². The average molecular weight is 388 g/mol. The maximum absolute atomic E-state index is 11.9. The van der Waals surface area contributed by atoms with Crippen LogP contribution in [0, 0.1) is 6.92 Å². The molecule has 2 aromatic rings. The number of halogens is 1. The molecule has 5 nitrogen and oxygen atoms in total. The van der Waals surface area contributed by atoms with E-state index in [1.165, 1.54) is 0 Å². The molecule has 2 rings (SSSR count). The molecule has 2 amide bonds. The second-order valence-electron chi connectivity index (χ2n) is 5.21. The second kappa shape index (κ2) is 8.98. The third-order valence-electron chi connectivity index (χ3n) is 3.27. The minimum Gasteiger partial charge on any atom is -0.326 e. The van der Waals surface area contributed by atoms with Crippen LogP contribution in [0.15, 0.2) is 58.1 Å². The van der Waals surface area contributed by atoms with Gasteiger partial charge in [0, 0.05) is 23.0 Å². The minimum absolute atomic E-state index is 0.0788. The molecule has 2 N–H and O–H groups in total. The number of carbonyl (C=O) groups excluding carboxylic acids is 2. The largest absolute Gasteiger partial charge is 0.326 e. The first-order valence-electron chi connectivity index (χ1n) is 7.47. The van der Waals surface area contributed by atoms with Gasteiger partial charge in [-0.25, -0.2) is 5.43 Å². The van der Waals surface area contributed by atoms with E-state index in [0.717, 1.165) is 21.3 Å². The molecule has 0 aliphatic carbocycles. The number of anilines is 1. The van der Waals surface area contributed by atoms with Gasteiger partial charge >= 0.3 is 0 Å². The second-order valence-corrected chi connectivity index (χ2v) is 6.12. The lowest BCUT2D eigenvalue weighted by molar-refractivity contribution is -0.124. The van der Waals surface area contributed by atoms with Gasteiger partial charge in [0.25, 0.3) is 0 Å². The van der Waals surface area contributed by atoms with Gasteiger partial charge in [-0.15, -0.1) is 0 Å². The molecular weight excluding hydrogens is 370 g/mol. The van der Waals surface area contributed by atoms with Gasteiger partial charge in [0.05, 0.1) is 6.21 Å². The molecule has 0 unspecified atom stereocenters. The number of hydrazone groups is 1. The zero-order valence-electron chi connectivity index (χ0n) is 13.3. The summed E-state index contributed by atoms with van der Waals surface area (Å²) in [6.07, 6.45) is 1.74. The number of nitrogens with zero attached hydrogens (tertiary/aromatic N) is 1. The molecule has 0 atom stereocenters. The molecule has 124 valence electrons. The van der Waals surface area contributed by atoms with Crippen molar-refractivity contribution in [2.45, 2.75) is 19.8 Å². The Kier molecular flexibility index (Phi) is 6.69. The third-order valence-corrected chi connectivity index (χ3v) is 3.80. The van der Waals surface area contributed by atoms with Crippen molar-refractivity contribution in [3.63, 3.8) is 0 Å². The molecule has 0 radical (unpaired) electrons. The third kappa shape index (κ3) is 5.96. The number of hydrogen-bond acceptors (Lipinski definition) is 3. The fourth-order valence-electron chi connectivity index (χ4n) is 1.94. The molecule has 2 aromatic carbocycles. The van der Waals surface area contributed by atoms with Crippen LogP contribution in [-0.4, -0.2) is 18.0 Å². The zero-order chi connectivity index (χ0) is 17.4. The van der Waals surface area contributed by atoms with Gasteiger partial charge in [-0.1, -0.05) is 46.3 Å². The Balaban J connectivity index is 1.73. The first-order chi connectivity index (χ1) is 11.5. The number of rotatable bonds is 6. The highest BCUT2D eigenvalue weighted by atomic mass is 79.9. The van der Waals surface area contributed by atoms with Crippen molar-refractivity contribution in [3.05, 3.63) is 64.1 Å². The van der Waals surface area contributed by atoms with Gasteiger partial charge in [-0.05, 0) is 36.2 Å². The van der Waals surface area contributed by atoms with Gasteiger partial charge in [0.15, 0.2) is 0 Å². The van der Waals surface area contributed by atoms with E-state index >= 15 is 0 Å². The normalized spacial score (nSPS) is 10.6. The van der Waals surface area contributed by atoms with Crippen LogP contribution in [0.4, 0.5) is 5.69 Å². The molecule has 0 aromatic heterocycles. The molecule has 0 heterocycles. The zero-order valence-corrected chi connectivity index (χ0v) is 14.8. The summed E-state index contributed by atoms with van der Waals surface area (Å²) in [7, 11) is 0. The van der Waals surface area contributed by atoms with Crippen LogP contribution in [-0.2, 0) is 9.59 Å². The maximum Gasteiger partial charge on any atom is 0.240 e. The summed E-state index contributed by atoms with van der Waals surface area (Å²) in [6, 6.07) is 15.0. The van der Waals surface area contributed by atoms with Gasteiger partial charge in [-0.2, -0.15) is 5.10 Å². The Morgan fingerprint density at radius 1 is 1.04 bits per heavy atom. The van der Waals surface area contributed by atoms with Crippen LogP contribution in [0.1, 0.15) is 24.0 Å². The average Bonchev–Trinajstić information content (AvgIpc) is 2.57. The van der Waals surface area contributed by atoms with Crippen molar-refractivity contribution < 1.29 is 9.59 Å². The van der Waals surface area contributed by atoms with E-state index in [4.69, 9.17) is 0 Å². The number of benzene rings is 2. The highest BCUT2D eigenvalue weighted by Gasteiger charge is 2.07. The van der Waals surface area contributed by atoms with Crippen LogP contribution in [0.5, 0.6) is 0 Å². The smallest absolute Gasteiger partial charge is 0.240 e. The van der Waals surface area contributed by atoms with Crippen LogP contribution in [0.3, 0.4) is 0 Å². The molecular formula is C18H18BrN3O2. The molecule has 0 saturated carbocycles. The highest BCUT2D eigenvalue weighted by Crippen LogP contribution is 2.13. The Morgan fingerprint density at radius 2 is 1.71 bits per heavy atom. The molecule has 0 aliphatic heterocycles. The lowest BCUT2D eigenvalue weighted by Gasteiger charge is -2.07. The Labute approximate surface area is 149 Å². The number of para-hydroxylation sites is 1. The van der Waals surface area contributed by atoms with Crippen molar-refractivity contribution in [2.24, 2.45) is 5.10 Å². The van der Waals surface area contributed by atoms with Crippen LogP contribution < -0.4 is 10.7 Å². The molecule has 0 saturated heterocycles. The molecule has 24 heavy (non-hydrogen) atoms. The molecule has 0 bridgehead atoms. The maximum atomic E-state index is 11.9.